The number of halogens is 2. The average Bonchev–Trinajstić information content (AvgIpc) is 3.11. The second-order valence-corrected chi connectivity index (χ2v) is 18.5. The van der Waals surface area contributed by atoms with E-state index < -0.39 is 47.4 Å². The number of aliphatic imine (C=N–C) groups is 2. The van der Waals surface area contributed by atoms with Crippen molar-refractivity contribution >= 4 is 51.9 Å². The fraction of sp³-hybridized carbons (Fsp3) is 0.118. The molecule has 0 saturated heterocycles. The molecular formula is C34H32Cl2N4O8S2Zn. The molecule has 2 aliphatic heterocycles. The van der Waals surface area contributed by atoms with Gasteiger partial charge < -0.3 is 19.7 Å². The normalized spacial score (nSPS) is 16.4. The van der Waals surface area contributed by atoms with Crippen LogP contribution in [-0.2, 0) is 48.3 Å². The SMILES string of the molecule is NS(=O)(=O)c1ccc(CN=CC2=COc3ccccc3C2O)cc1.NS(=O)(=O)c1ccc(CN=CC2=COc3ccccc3C2O)cc1.[Cl][Zn][Cl]. The summed E-state index contributed by atoms with van der Waals surface area (Å²) in [6.45, 7) is 0.688. The van der Waals surface area contributed by atoms with Crippen LogP contribution in [0.2, 0.25) is 0 Å². The van der Waals surface area contributed by atoms with Gasteiger partial charge in [-0.1, -0.05) is 60.7 Å². The van der Waals surface area contributed by atoms with Crippen molar-refractivity contribution in [3.8, 4) is 11.5 Å². The molecule has 0 aromatic heterocycles. The second kappa shape index (κ2) is 18.6. The molecule has 0 fully saturated rings. The zero-order valence-electron chi connectivity index (χ0n) is 26.8. The minimum absolute atomic E-state index is 0.0608. The fourth-order valence-electron chi connectivity index (χ4n) is 4.66. The van der Waals surface area contributed by atoms with Crippen LogP contribution in [0, 0.1) is 0 Å². The van der Waals surface area contributed by atoms with Gasteiger partial charge in [-0.15, -0.1) is 0 Å². The number of hydrogen-bond donors (Lipinski definition) is 4. The maximum absolute atomic E-state index is 11.2. The van der Waals surface area contributed by atoms with Crippen LogP contribution in [0.5, 0.6) is 11.5 Å². The number of rotatable bonds is 8. The van der Waals surface area contributed by atoms with Crippen molar-refractivity contribution in [3.63, 3.8) is 0 Å². The molecule has 0 spiro atoms. The molecule has 0 saturated carbocycles. The van der Waals surface area contributed by atoms with Crippen LogP contribution >= 0.6 is 19.4 Å². The first-order valence-corrected chi connectivity index (χ1v) is 25.8. The molecule has 6 N–H and O–H groups in total. The molecule has 2 heterocycles. The van der Waals surface area contributed by atoms with Gasteiger partial charge in [0.2, 0.25) is 20.0 Å². The number of sulfonamides is 2. The quantitative estimate of drug-likeness (QED) is 0.137. The van der Waals surface area contributed by atoms with E-state index in [0.29, 0.717) is 46.9 Å². The van der Waals surface area contributed by atoms with Crippen LogP contribution in [0.1, 0.15) is 34.5 Å². The Balaban J connectivity index is 0.000000212. The summed E-state index contributed by atoms with van der Waals surface area (Å²) in [4.78, 5) is 8.65. The van der Waals surface area contributed by atoms with Crippen LogP contribution in [0.25, 0.3) is 0 Å². The van der Waals surface area contributed by atoms with Gasteiger partial charge >= 0.3 is 34.5 Å². The van der Waals surface area contributed by atoms with E-state index in [1.165, 1.54) is 36.8 Å². The number of aliphatic hydroxyl groups excluding tert-OH is 2. The van der Waals surface area contributed by atoms with Crippen molar-refractivity contribution in [1.82, 2.24) is 0 Å². The number of nitrogens with two attached hydrogens (primary N) is 2. The third kappa shape index (κ3) is 11.6. The predicted octanol–water partition coefficient (Wildman–Crippen LogP) is 5.21. The molecule has 0 amide bonds. The number of hydrogen-bond acceptors (Lipinski definition) is 10. The van der Waals surface area contributed by atoms with Gasteiger partial charge in [0.15, 0.2) is 0 Å². The molecule has 12 nitrogen and oxygen atoms in total. The Kier molecular flexibility index (Phi) is 14.6. The molecule has 17 heteroatoms. The predicted molar refractivity (Wildman–Crippen MR) is 192 cm³/mol. The van der Waals surface area contributed by atoms with Crippen LogP contribution < -0.4 is 19.8 Å². The van der Waals surface area contributed by atoms with Gasteiger partial charge in [-0.25, -0.2) is 27.1 Å². The van der Waals surface area contributed by atoms with Crippen LogP contribution in [-0.4, -0.2) is 39.5 Å². The van der Waals surface area contributed by atoms with Crippen molar-refractivity contribution < 1.29 is 51.7 Å². The summed E-state index contributed by atoms with van der Waals surface area (Å²) in [5.74, 6) is 1.25. The molecule has 4 aromatic rings. The maximum atomic E-state index is 11.2. The average molecular weight is 825 g/mol. The van der Waals surface area contributed by atoms with Crippen LogP contribution in [0.15, 0.2) is 141 Å². The van der Waals surface area contributed by atoms with Gasteiger partial charge in [0.05, 0.1) is 35.4 Å². The van der Waals surface area contributed by atoms with E-state index in [9.17, 15) is 27.0 Å². The summed E-state index contributed by atoms with van der Waals surface area (Å²) in [6.07, 6.45) is 4.47. The van der Waals surface area contributed by atoms with E-state index in [2.05, 4.69) is 9.98 Å². The fourth-order valence-corrected chi connectivity index (χ4v) is 5.69. The van der Waals surface area contributed by atoms with Crippen molar-refractivity contribution in [2.75, 3.05) is 0 Å². The number of fused-ring (bicyclic) bond motifs is 2. The molecular weight excluding hydrogens is 793 g/mol. The standard InChI is InChI=1S/2C17H16N2O4S.2ClH.Zn/c2*18-24(21,22)14-7-5-12(6-8-14)9-19-10-13-11-23-16-4-2-1-3-15(16)17(13)20;;;/h2*1-8,10-11,17,20H,9H2,(H2,18,21,22);2*1H;/q;;;;+2/p-2. The summed E-state index contributed by atoms with van der Waals surface area (Å²) >= 11 is -0.931. The van der Waals surface area contributed by atoms with Crippen molar-refractivity contribution in [3.05, 3.63) is 143 Å². The number of para-hydroxylation sites is 2. The summed E-state index contributed by atoms with van der Waals surface area (Å²) < 4.78 is 55.7. The van der Waals surface area contributed by atoms with E-state index in [4.69, 9.17) is 39.1 Å². The molecule has 2 aliphatic rings. The topological polar surface area (TPSA) is 204 Å². The summed E-state index contributed by atoms with van der Waals surface area (Å²) in [6, 6.07) is 26.9. The van der Waals surface area contributed by atoms with E-state index in [1.54, 1.807) is 61.0 Å². The number of benzene rings is 4. The number of aliphatic hydroxyl groups is 2. The number of ether oxygens (including phenoxy) is 2. The molecule has 0 bridgehead atoms. The Morgan fingerprint density at radius 2 is 0.961 bits per heavy atom. The molecule has 2 unspecified atom stereocenters. The Hall–Kier alpha value is -3.76. The van der Waals surface area contributed by atoms with E-state index in [0.717, 1.165) is 11.1 Å². The third-order valence-corrected chi connectivity index (χ3v) is 9.09. The van der Waals surface area contributed by atoms with Crippen molar-refractivity contribution in [2.45, 2.75) is 35.1 Å². The van der Waals surface area contributed by atoms with Crippen LogP contribution in [0.4, 0.5) is 0 Å². The Labute approximate surface area is 311 Å². The molecule has 4 aromatic carbocycles. The molecule has 0 aliphatic carbocycles. The minimum atomic E-state index is -3.69. The summed E-state index contributed by atoms with van der Waals surface area (Å²) in [7, 11) is 2.52. The van der Waals surface area contributed by atoms with Crippen molar-refractivity contribution in [1.29, 1.82) is 0 Å². The Morgan fingerprint density at radius 3 is 1.29 bits per heavy atom. The zero-order valence-corrected chi connectivity index (χ0v) is 32.9. The van der Waals surface area contributed by atoms with E-state index in [1.807, 2.05) is 24.3 Å². The third-order valence-electron chi connectivity index (χ3n) is 7.23. The monoisotopic (exact) mass is 822 g/mol. The molecule has 6 rings (SSSR count). The van der Waals surface area contributed by atoms with Gasteiger partial charge in [0.1, 0.15) is 23.7 Å². The first-order valence-electron chi connectivity index (χ1n) is 14.9. The van der Waals surface area contributed by atoms with Gasteiger partial charge in [0.25, 0.3) is 0 Å². The van der Waals surface area contributed by atoms with Gasteiger partial charge in [-0.05, 0) is 47.5 Å². The molecule has 264 valence electrons. The first-order chi connectivity index (χ1) is 24.3. The molecule has 0 radical (unpaired) electrons. The van der Waals surface area contributed by atoms with Crippen molar-refractivity contribution in [2.24, 2.45) is 20.3 Å². The number of primary sulfonamides is 2. The van der Waals surface area contributed by atoms with E-state index in [-0.39, 0.29) is 9.79 Å². The second-order valence-electron chi connectivity index (χ2n) is 10.8. The zero-order chi connectivity index (χ0) is 37.0. The molecule has 51 heavy (non-hydrogen) atoms. The van der Waals surface area contributed by atoms with Gasteiger partial charge in [0, 0.05) is 34.7 Å². The Bertz CT molecular complexity index is 1990. The van der Waals surface area contributed by atoms with E-state index >= 15 is 0 Å². The van der Waals surface area contributed by atoms with Gasteiger partial charge in [-0.2, -0.15) is 0 Å². The number of nitrogens with zero attached hydrogens (tertiary/aromatic N) is 2. The molecule has 2 atom stereocenters. The Morgan fingerprint density at radius 1 is 0.627 bits per heavy atom. The first kappa shape index (κ1) is 40.0. The van der Waals surface area contributed by atoms with Gasteiger partial charge in [-0.3, -0.25) is 9.98 Å². The summed E-state index contributed by atoms with van der Waals surface area (Å²) in [5.41, 5.74) is 4.14. The van der Waals surface area contributed by atoms with Crippen LogP contribution in [0.3, 0.4) is 0 Å². The summed E-state index contributed by atoms with van der Waals surface area (Å²) in [5, 5.41) is 30.8.